The fourth-order valence-corrected chi connectivity index (χ4v) is 2.26. The Balaban J connectivity index is 1.67. The van der Waals surface area contributed by atoms with Gasteiger partial charge in [0, 0.05) is 24.7 Å². The molecule has 0 bridgehead atoms. The van der Waals surface area contributed by atoms with Gasteiger partial charge in [-0.25, -0.2) is 4.98 Å². The Labute approximate surface area is 154 Å². The van der Waals surface area contributed by atoms with E-state index in [1.165, 1.54) is 0 Å². The first-order chi connectivity index (χ1) is 12.7. The molecule has 0 aliphatic carbocycles. The third kappa shape index (κ3) is 6.63. The zero-order valence-electron chi connectivity index (χ0n) is 15.4. The SMILES string of the molecule is CCCOc1ncccc1CNC(=O)CCCOc1ccc(OC)cc1. The van der Waals surface area contributed by atoms with Crippen LogP contribution in [0, 0.1) is 0 Å². The summed E-state index contributed by atoms with van der Waals surface area (Å²) in [6, 6.07) is 11.1. The van der Waals surface area contributed by atoms with Crippen molar-refractivity contribution in [1.82, 2.24) is 10.3 Å². The molecule has 0 spiro atoms. The van der Waals surface area contributed by atoms with Gasteiger partial charge in [-0.2, -0.15) is 0 Å². The van der Waals surface area contributed by atoms with Crippen molar-refractivity contribution in [3.63, 3.8) is 0 Å². The highest BCUT2D eigenvalue weighted by molar-refractivity contribution is 5.75. The van der Waals surface area contributed by atoms with Crippen LogP contribution in [-0.4, -0.2) is 31.2 Å². The van der Waals surface area contributed by atoms with E-state index in [1.807, 2.05) is 43.3 Å². The van der Waals surface area contributed by atoms with Crippen molar-refractivity contribution in [3.8, 4) is 17.4 Å². The van der Waals surface area contributed by atoms with Crippen LogP contribution in [0.2, 0.25) is 0 Å². The molecule has 1 amide bonds. The number of pyridine rings is 1. The summed E-state index contributed by atoms with van der Waals surface area (Å²) < 4.78 is 16.3. The topological polar surface area (TPSA) is 69.7 Å². The van der Waals surface area contributed by atoms with Crippen LogP contribution in [0.3, 0.4) is 0 Å². The molecule has 140 valence electrons. The van der Waals surface area contributed by atoms with Crippen molar-refractivity contribution >= 4 is 5.91 Å². The molecular weight excluding hydrogens is 332 g/mol. The van der Waals surface area contributed by atoms with Crippen molar-refractivity contribution in [2.24, 2.45) is 0 Å². The largest absolute Gasteiger partial charge is 0.497 e. The van der Waals surface area contributed by atoms with Crippen LogP contribution in [0.5, 0.6) is 17.4 Å². The number of ether oxygens (including phenoxy) is 3. The Kier molecular flexibility index (Phi) is 8.26. The van der Waals surface area contributed by atoms with Crippen LogP contribution in [-0.2, 0) is 11.3 Å². The molecule has 6 nitrogen and oxygen atoms in total. The monoisotopic (exact) mass is 358 g/mol. The molecule has 0 atom stereocenters. The second-order valence-corrected chi connectivity index (χ2v) is 5.72. The lowest BCUT2D eigenvalue weighted by molar-refractivity contribution is -0.121. The number of rotatable bonds is 11. The van der Waals surface area contributed by atoms with Gasteiger partial charge in [0.1, 0.15) is 11.5 Å². The van der Waals surface area contributed by atoms with E-state index in [9.17, 15) is 4.79 Å². The molecular formula is C20H26N2O4. The van der Waals surface area contributed by atoms with Gasteiger partial charge in [-0.05, 0) is 43.2 Å². The number of hydrogen-bond acceptors (Lipinski definition) is 5. The van der Waals surface area contributed by atoms with Gasteiger partial charge in [0.2, 0.25) is 11.8 Å². The molecule has 6 heteroatoms. The Bertz CT molecular complexity index is 674. The van der Waals surface area contributed by atoms with E-state index < -0.39 is 0 Å². The lowest BCUT2D eigenvalue weighted by atomic mass is 10.2. The molecule has 0 fully saturated rings. The molecule has 0 unspecified atom stereocenters. The second-order valence-electron chi connectivity index (χ2n) is 5.72. The summed E-state index contributed by atoms with van der Waals surface area (Å²) in [4.78, 5) is 16.2. The molecule has 26 heavy (non-hydrogen) atoms. The summed E-state index contributed by atoms with van der Waals surface area (Å²) in [5.41, 5.74) is 0.879. The van der Waals surface area contributed by atoms with Gasteiger partial charge in [-0.1, -0.05) is 13.0 Å². The number of benzene rings is 1. The van der Waals surface area contributed by atoms with E-state index in [0.717, 1.165) is 23.5 Å². The molecule has 0 aliphatic rings. The normalized spacial score (nSPS) is 10.2. The second kappa shape index (κ2) is 11.0. The standard InChI is InChI=1S/C20H26N2O4/c1-3-13-26-20-16(6-4-12-21-20)15-22-19(23)7-5-14-25-18-10-8-17(24-2)9-11-18/h4,6,8-12H,3,5,7,13-15H2,1-2H3,(H,22,23). The average molecular weight is 358 g/mol. The van der Waals surface area contributed by atoms with Gasteiger partial charge in [0.15, 0.2) is 0 Å². The maximum atomic E-state index is 12.0. The predicted octanol–water partition coefficient (Wildman–Crippen LogP) is 3.35. The van der Waals surface area contributed by atoms with Crippen molar-refractivity contribution in [2.75, 3.05) is 20.3 Å². The van der Waals surface area contributed by atoms with E-state index in [4.69, 9.17) is 14.2 Å². The quantitative estimate of drug-likeness (QED) is 0.624. The minimum Gasteiger partial charge on any atom is -0.497 e. The third-order valence-corrected chi connectivity index (χ3v) is 3.65. The highest BCUT2D eigenvalue weighted by atomic mass is 16.5. The predicted molar refractivity (Wildman–Crippen MR) is 99.6 cm³/mol. The first kappa shape index (κ1) is 19.6. The maximum absolute atomic E-state index is 12.0. The number of nitrogens with zero attached hydrogens (tertiary/aromatic N) is 1. The van der Waals surface area contributed by atoms with Gasteiger partial charge in [0.25, 0.3) is 0 Å². The highest BCUT2D eigenvalue weighted by Gasteiger charge is 2.07. The van der Waals surface area contributed by atoms with Crippen LogP contribution in [0.15, 0.2) is 42.6 Å². The van der Waals surface area contributed by atoms with E-state index in [-0.39, 0.29) is 5.91 Å². The lowest BCUT2D eigenvalue weighted by Gasteiger charge is -2.11. The van der Waals surface area contributed by atoms with Crippen LogP contribution < -0.4 is 19.5 Å². The van der Waals surface area contributed by atoms with Crippen LogP contribution >= 0.6 is 0 Å². The van der Waals surface area contributed by atoms with Crippen LogP contribution in [0.25, 0.3) is 0 Å². The molecule has 2 rings (SSSR count). The summed E-state index contributed by atoms with van der Waals surface area (Å²) in [5, 5.41) is 2.90. The van der Waals surface area contributed by atoms with Crippen molar-refractivity contribution < 1.29 is 19.0 Å². The van der Waals surface area contributed by atoms with Gasteiger partial charge < -0.3 is 19.5 Å². The van der Waals surface area contributed by atoms with Crippen molar-refractivity contribution in [1.29, 1.82) is 0 Å². The Hall–Kier alpha value is -2.76. The lowest BCUT2D eigenvalue weighted by Crippen LogP contribution is -2.23. The minimum absolute atomic E-state index is 0.0198. The number of carbonyl (C=O) groups excluding carboxylic acids is 1. The van der Waals surface area contributed by atoms with Gasteiger partial charge in [0.05, 0.1) is 20.3 Å². The number of nitrogens with one attached hydrogen (secondary N) is 1. The molecule has 1 aromatic heterocycles. The fourth-order valence-electron chi connectivity index (χ4n) is 2.26. The zero-order valence-corrected chi connectivity index (χ0v) is 15.4. The molecule has 2 aromatic rings. The number of amides is 1. The molecule has 1 heterocycles. The molecule has 0 saturated heterocycles. The molecule has 0 saturated carbocycles. The van der Waals surface area contributed by atoms with Gasteiger partial charge in [-0.15, -0.1) is 0 Å². The number of carbonyl (C=O) groups is 1. The van der Waals surface area contributed by atoms with Gasteiger partial charge >= 0.3 is 0 Å². The zero-order chi connectivity index (χ0) is 18.6. The number of aromatic nitrogens is 1. The van der Waals surface area contributed by atoms with Gasteiger partial charge in [-0.3, -0.25) is 4.79 Å². The Morgan fingerprint density at radius 3 is 2.58 bits per heavy atom. The van der Waals surface area contributed by atoms with E-state index in [1.54, 1.807) is 13.3 Å². The molecule has 0 aliphatic heterocycles. The summed E-state index contributed by atoms with van der Waals surface area (Å²) in [5.74, 6) is 2.11. The fraction of sp³-hybridized carbons (Fsp3) is 0.400. The van der Waals surface area contributed by atoms with E-state index in [0.29, 0.717) is 38.5 Å². The maximum Gasteiger partial charge on any atom is 0.220 e. The molecule has 0 radical (unpaired) electrons. The molecule has 1 aromatic carbocycles. The van der Waals surface area contributed by atoms with E-state index in [2.05, 4.69) is 10.3 Å². The van der Waals surface area contributed by atoms with Crippen LogP contribution in [0.4, 0.5) is 0 Å². The first-order valence-corrected chi connectivity index (χ1v) is 8.83. The summed E-state index contributed by atoms with van der Waals surface area (Å²) >= 11 is 0. The summed E-state index contributed by atoms with van der Waals surface area (Å²) in [7, 11) is 1.62. The Morgan fingerprint density at radius 2 is 1.85 bits per heavy atom. The summed E-state index contributed by atoms with van der Waals surface area (Å²) in [6.45, 7) is 3.54. The Morgan fingerprint density at radius 1 is 1.08 bits per heavy atom. The first-order valence-electron chi connectivity index (χ1n) is 8.83. The highest BCUT2D eigenvalue weighted by Crippen LogP contribution is 2.17. The minimum atomic E-state index is -0.0198. The van der Waals surface area contributed by atoms with Crippen molar-refractivity contribution in [3.05, 3.63) is 48.2 Å². The van der Waals surface area contributed by atoms with E-state index >= 15 is 0 Å². The van der Waals surface area contributed by atoms with Crippen LogP contribution in [0.1, 0.15) is 31.7 Å². The van der Waals surface area contributed by atoms with Crippen molar-refractivity contribution in [2.45, 2.75) is 32.7 Å². The molecule has 1 N–H and O–H groups in total. The number of hydrogen-bond donors (Lipinski definition) is 1. The smallest absolute Gasteiger partial charge is 0.220 e. The summed E-state index contributed by atoms with van der Waals surface area (Å²) in [6.07, 6.45) is 3.65. The average Bonchev–Trinajstić information content (AvgIpc) is 2.69. The number of methoxy groups -OCH3 is 1. The third-order valence-electron chi connectivity index (χ3n) is 3.65.